The van der Waals surface area contributed by atoms with Crippen molar-refractivity contribution in [1.29, 1.82) is 0 Å². The fourth-order valence-corrected chi connectivity index (χ4v) is 5.07. The van der Waals surface area contributed by atoms with Crippen molar-refractivity contribution in [2.75, 3.05) is 42.7 Å². The van der Waals surface area contributed by atoms with Crippen molar-refractivity contribution in [2.45, 2.75) is 29.7 Å². The standard InChI is InChI=1S/C24H30N8OS/c1-34-20-6-4-18(5-7-20)24(17-33)8-12-30(13-9-24)21-3-2-11-32-22(21)28-23(29-32)27-19-15-26-31(16-19)14-10-25/h2-7,11,15-16,33H,8-10,12-14,17,25H2,1H3,(H,27,29). The number of nitrogens with zero attached hydrogens (tertiary/aromatic N) is 6. The molecule has 10 heteroatoms. The van der Waals surface area contributed by atoms with Gasteiger partial charge in [0.2, 0.25) is 5.95 Å². The first-order chi connectivity index (χ1) is 16.6. The number of aliphatic hydroxyl groups is 1. The molecule has 0 spiro atoms. The van der Waals surface area contributed by atoms with E-state index >= 15 is 0 Å². The molecule has 4 aromatic rings. The SMILES string of the molecule is CSc1ccc(C2(CO)CCN(c3cccn4nc(Nc5cnn(CCN)c5)nc34)CC2)cc1. The van der Waals surface area contributed by atoms with Crippen molar-refractivity contribution in [3.8, 4) is 0 Å². The Morgan fingerprint density at radius 2 is 1.97 bits per heavy atom. The van der Waals surface area contributed by atoms with E-state index in [0.717, 1.165) is 43.0 Å². The number of hydrogen-bond acceptors (Lipinski definition) is 8. The number of aliphatic hydroxyl groups excluding tert-OH is 1. The highest BCUT2D eigenvalue weighted by molar-refractivity contribution is 7.98. The molecular weight excluding hydrogens is 448 g/mol. The Labute approximate surface area is 203 Å². The van der Waals surface area contributed by atoms with Crippen LogP contribution in [0.5, 0.6) is 0 Å². The highest BCUT2D eigenvalue weighted by Crippen LogP contribution is 2.38. The lowest BCUT2D eigenvalue weighted by molar-refractivity contribution is 0.165. The van der Waals surface area contributed by atoms with E-state index in [4.69, 9.17) is 10.7 Å². The highest BCUT2D eigenvalue weighted by atomic mass is 32.2. The van der Waals surface area contributed by atoms with Crippen LogP contribution in [0.25, 0.3) is 5.65 Å². The summed E-state index contributed by atoms with van der Waals surface area (Å²) in [5.41, 5.74) is 9.29. The van der Waals surface area contributed by atoms with Gasteiger partial charge in [0.15, 0.2) is 5.65 Å². The van der Waals surface area contributed by atoms with Gasteiger partial charge < -0.3 is 21.1 Å². The Kier molecular flexibility index (Phi) is 6.44. The molecule has 0 aliphatic carbocycles. The van der Waals surface area contributed by atoms with Gasteiger partial charge in [-0.25, -0.2) is 4.52 Å². The molecule has 0 unspecified atom stereocenters. The number of thioether (sulfide) groups is 1. The van der Waals surface area contributed by atoms with E-state index in [1.165, 1.54) is 10.5 Å². The summed E-state index contributed by atoms with van der Waals surface area (Å²) in [4.78, 5) is 8.34. The summed E-state index contributed by atoms with van der Waals surface area (Å²) in [5.74, 6) is 0.523. The van der Waals surface area contributed by atoms with Gasteiger partial charge in [-0.3, -0.25) is 4.68 Å². The number of nitrogens with two attached hydrogens (primary N) is 1. The summed E-state index contributed by atoms with van der Waals surface area (Å²) in [5, 5.41) is 22.5. The summed E-state index contributed by atoms with van der Waals surface area (Å²) in [6, 6.07) is 12.7. The molecule has 5 rings (SSSR count). The average Bonchev–Trinajstić information content (AvgIpc) is 3.50. The lowest BCUT2D eigenvalue weighted by atomic mass is 9.73. The van der Waals surface area contributed by atoms with Crippen LogP contribution >= 0.6 is 11.8 Å². The Balaban J connectivity index is 1.34. The van der Waals surface area contributed by atoms with Crippen LogP contribution in [0.4, 0.5) is 17.3 Å². The topological polar surface area (TPSA) is 110 Å². The number of fused-ring (bicyclic) bond motifs is 1. The van der Waals surface area contributed by atoms with Gasteiger partial charge in [0.1, 0.15) is 0 Å². The molecule has 1 saturated heterocycles. The van der Waals surface area contributed by atoms with Crippen molar-refractivity contribution >= 4 is 34.7 Å². The van der Waals surface area contributed by atoms with Gasteiger partial charge in [0.05, 0.1) is 30.7 Å². The first-order valence-electron chi connectivity index (χ1n) is 11.5. The first-order valence-corrected chi connectivity index (χ1v) is 12.7. The van der Waals surface area contributed by atoms with Gasteiger partial charge in [0, 0.05) is 42.3 Å². The maximum Gasteiger partial charge on any atom is 0.247 e. The Morgan fingerprint density at radius 3 is 2.68 bits per heavy atom. The van der Waals surface area contributed by atoms with Gasteiger partial charge in [-0.05, 0) is 48.9 Å². The highest BCUT2D eigenvalue weighted by Gasteiger charge is 2.36. The van der Waals surface area contributed by atoms with E-state index in [9.17, 15) is 5.11 Å². The molecule has 0 amide bonds. The van der Waals surface area contributed by atoms with Crippen LogP contribution in [0.1, 0.15) is 18.4 Å². The minimum atomic E-state index is -0.206. The van der Waals surface area contributed by atoms with Crippen LogP contribution in [-0.2, 0) is 12.0 Å². The zero-order chi connectivity index (χ0) is 23.5. The Hall–Kier alpha value is -3.08. The maximum atomic E-state index is 10.4. The lowest BCUT2D eigenvalue weighted by Gasteiger charge is -2.42. The molecule has 9 nitrogen and oxygen atoms in total. The number of nitrogens with one attached hydrogen (secondary N) is 1. The van der Waals surface area contributed by atoms with E-state index in [0.29, 0.717) is 19.0 Å². The van der Waals surface area contributed by atoms with Gasteiger partial charge in [0.25, 0.3) is 0 Å². The van der Waals surface area contributed by atoms with E-state index in [1.54, 1.807) is 27.2 Å². The fourth-order valence-electron chi connectivity index (χ4n) is 4.66. The molecule has 0 saturated carbocycles. The predicted octanol–water partition coefficient (Wildman–Crippen LogP) is 2.88. The zero-order valence-electron chi connectivity index (χ0n) is 19.3. The van der Waals surface area contributed by atoms with Crippen LogP contribution in [0.15, 0.2) is 59.9 Å². The second-order valence-electron chi connectivity index (χ2n) is 8.66. The fraction of sp³-hybridized carbons (Fsp3) is 0.375. The van der Waals surface area contributed by atoms with Crippen molar-refractivity contribution in [2.24, 2.45) is 5.73 Å². The quantitative estimate of drug-likeness (QED) is 0.332. The molecule has 0 atom stereocenters. The normalized spacial score (nSPS) is 15.7. The summed E-state index contributed by atoms with van der Waals surface area (Å²) < 4.78 is 3.59. The molecule has 1 aliphatic rings. The molecule has 0 bridgehead atoms. The number of benzene rings is 1. The monoisotopic (exact) mass is 478 g/mol. The van der Waals surface area contributed by atoms with E-state index in [1.807, 2.05) is 18.5 Å². The second kappa shape index (κ2) is 9.65. The van der Waals surface area contributed by atoms with Gasteiger partial charge in [-0.15, -0.1) is 16.9 Å². The van der Waals surface area contributed by atoms with Crippen LogP contribution < -0.4 is 16.0 Å². The molecule has 4 heterocycles. The molecule has 1 aromatic carbocycles. The Bertz CT molecular complexity index is 1240. The predicted molar refractivity (Wildman–Crippen MR) is 136 cm³/mol. The smallest absolute Gasteiger partial charge is 0.247 e. The zero-order valence-corrected chi connectivity index (χ0v) is 20.1. The van der Waals surface area contributed by atoms with Crippen molar-refractivity contribution < 1.29 is 5.11 Å². The molecule has 4 N–H and O–H groups in total. The molecule has 0 radical (unpaired) electrons. The molecule has 34 heavy (non-hydrogen) atoms. The average molecular weight is 479 g/mol. The number of piperidine rings is 1. The molecule has 1 aliphatic heterocycles. The van der Waals surface area contributed by atoms with Gasteiger partial charge in [-0.2, -0.15) is 10.1 Å². The first kappa shape index (κ1) is 22.7. The van der Waals surface area contributed by atoms with E-state index in [-0.39, 0.29) is 12.0 Å². The maximum absolute atomic E-state index is 10.4. The number of hydrogen-bond donors (Lipinski definition) is 3. The van der Waals surface area contributed by atoms with Gasteiger partial charge >= 0.3 is 0 Å². The summed E-state index contributed by atoms with van der Waals surface area (Å²) in [7, 11) is 0. The van der Waals surface area contributed by atoms with Crippen molar-refractivity contribution in [3.05, 3.63) is 60.6 Å². The third kappa shape index (κ3) is 4.36. The lowest BCUT2D eigenvalue weighted by Crippen LogP contribution is -2.45. The van der Waals surface area contributed by atoms with Crippen molar-refractivity contribution in [1.82, 2.24) is 24.4 Å². The molecular formula is C24H30N8OS. The second-order valence-corrected chi connectivity index (χ2v) is 9.54. The Morgan fingerprint density at radius 1 is 1.18 bits per heavy atom. The number of rotatable bonds is 8. The summed E-state index contributed by atoms with van der Waals surface area (Å²) >= 11 is 1.73. The van der Waals surface area contributed by atoms with Crippen molar-refractivity contribution in [3.63, 3.8) is 0 Å². The van der Waals surface area contributed by atoms with Crippen LogP contribution in [-0.4, -0.2) is 62.0 Å². The third-order valence-corrected chi connectivity index (χ3v) is 7.40. The number of anilines is 3. The van der Waals surface area contributed by atoms with E-state index < -0.39 is 0 Å². The molecule has 178 valence electrons. The van der Waals surface area contributed by atoms with Crippen LogP contribution in [0.3, 0.4) is 0 Å². The van der Waals surface area contributed by atoms with Gasteiger partial charge in [-0.1, -0.05) is 12.1 Å². The largest absolute Gasteiger partial charge is 0.395 e. The van der Waals surface area contributed by atoms with Crippen LogP contribution in [0, 0.1) is 0 Å². The third-order valence-electron chi connectivity index (χ3n) is 6.66. The number of pyridine rings is 1. The number of aromatic nitrogens is 5. The molecule has 3 aromatic heterocycles. The van der Waals surface area contributed by atoms with E-state index in [2.05, 4.69) is 57.0 Å². The minimum Gasteiger partial charge on any atom is -0.395 e. The van der Waals surface area contributed by atoms with Crippen LogP contribution in [0.2, 0.25) is 0 Å². The minimum absolute atomic E-state index is 0.153. The molecule has 1 fully saturated rings. The summed E-state index contributed by atoms with van der Waals surface area (Å²) in [6.45, 7) is 3.03. The summed E-state index contributed by atoms with van der Waals surface area (Å²) in [6.07, 6.45) is 9.38.